The van der Waals surface area contributed by atoms with Gasteiger partial charge in [-0.1, -0.05) is 18.2 Å². The van der Waals surface area contributed by atoms with Crippen molar-refractivity contribution in [2.75, 3.05) is 31.1 Å². The molecule has 0 saturated carbocycles. The lowest BCUT2D eigenvalue weighted by Crippen LogP contribution is -2.48. The van der Waals surface area contributed by atoms with E-state index in [4.69, 9.17) is 12.2 Å². The second kappa shape index (κ2) is 7.00. The molecule has 4 rings (SSSR count). The molecule has 7 heteroatoms. The third-order valence-electron chi connectivity index (χ3n) is 5.04. The lowest BCUT2D eigenvalue weighted by Gasteiger charge is -2.36. The number of H-pyrrole nitrogens is 1. The fourth-order valence-corrected chi connectivity index (χ4v) is 3.62. The van der Waals surface area contributed by atoms with Crippen molar-refractivity contribution < 1.29 is 4.79 Å². The van der Waals surface area contributed by atoms with Gasteiger partial charge >= 0.3 is 0 Å². The molecular weight excluding hydrogens is 360 g/mol. The summed E-state index contributed by atoms with van der Waals surface area (Å²) in [5.74, 6) is -0.0235. The van der Waals surface area contributed by atoms with Crippen LogP contribution in [0.5, 0.6) is 0 Å². The second-order valence-electron chi connectivity index (χ2n) is 6.67. The van der Waals surface area contributed by atoms with Crippen LogP contribution in [0.15, 0.2) is 53.3 Å². The molecule has 1 aliphatic rings. The molecule has 2 aromatic carbocycles. The number of benzene rings is 2. The molecule has 2 heterocycles. The van der Waals surface area contributed by atoms with E-state index in [1.165, 1.54) is 10.3 Å². The number of hydrogen-bond donors (Lipinski definition) is 1. The number of para-hydroxylation sites is 1. The predicted molar refractivity (Wildman–Crippen MR) is 109 cm³/mol. The number of hydrogen-bond acceptors (Lipinski definition) is 4. The van der Waals surface area contributed by atoms with Crippen LogP contribution in [0.3, 0.4) is 0 Å². The summed E-state index contributed by atoms with van der Waals surface area (Å²) in [6.45, 7) is 2.93. The summed E-state index contributed by atoms with van der Waals surface area (Å²) >= 11 is 5.17. The van der Waals surface area contributed by atoms with Gasteiger partial charge in [0.2, 0.25) is 0 Å². The Bertz CT molecular complexity index is 1110. The first-order valence-electron chi connectivity index (χ1n) is 8.87. The maximum absolute atomic E-state index is 12.9. The van der Waals surface area contributed by atoms with Gasteiger partial charge in [-0.25, -0.2) is 0 Å². The Hall–Kier alpha value is -2.93. The summed E-state index contributed by atoms with van der Waals surface area (Å²) in [4.78, 5) is 32.4. The van der Waals surface area contributed by atoms with E-state index in [1.807, 2.05) is 23.1 Å². The minimum atomic E-state index is -0.163. The van der Waals surface area contributed by atoms with Gasteiger partial charge in [-0.15, -0.1) is 0 Å². The Morgan fingerprint density at radius 3 is 2.44 bits per heavy atom. The van der Waals surface area contributed by atoms with Gasteiger partial charge in [0.05, 0.1) is 10.9 Å². The molecule has 0 spiro atoms. The van der Waals surface area contributed by atoms with Gasteiger partial charge in [-0.05, 0) is 42.5 Å². The number of fused-ring (bicyclic) bond motifs is 1. The highest BCUT2D eigenvalue weighted by molar-refractivity contribution is 7.71. The van der Waals surface area contributed by atoms with Crippen molar-refractivity contribution in [3.05, 3.63) is 69.2 Å². The molecule has 138 valence electrons. The Labute approximate surface area is 161 Å². The molecule has 0 atom stereocenters. The first-order chi connectivity index (χ1) is 13.0. The normalized spacial score (nSPS) is 14.6. The molecule has 27 heavy (non-hydrogen) atoms. The van der Waals surface area contributed by atoms with Crippen LogP contribution < -0.4 is 10.5 Å². The molecule has 0 unspecified atom stereocenters. The van der Waals surface area contributed by atoms with E-state index in [0.717, 1.165) is 13.1 Å². The SMILES string of the molecule is Cn1c(=S)[nH]c2cc(C(=O)N3CCN(c4ccccc4)CC3)ccc2c1=O. The minimum Gasteiger partial charge on any atom is -0.368 e. The minimum absolute atomic E-state index is 0.0235. The highest BCUT2D eigenvalue weighted by atomic mass is 32.1. The van der Waals surface area contributed by atoms with E-state index in [9.17, 15) is 9.59 Å². The lowest BCUT2D eigenvalue weighted by atomic mass is 10.1. The Kier molecular flexibility index (Phi) is 4.53. The van der Waals surface area contributed by atoms with E-state index < -0.39 is 0 Å². The number of rotatable bonds is 2. The number of amides is 1. The number of nitrogens with one attached hydrogen (secondary N) is 1. The van der Waals surface area contributed by atoms with Crippen LogP contribution in [-0.4, -0.2) is 46.5 Å². The van der Waals surface area contributed by atoms with Crippen LogP contribution in [0.2, 0.25) is 0 Å². The van der Waals surface area contributed by atoms with Crippen LogP contribution in [-0.2, 0) is 7.05 Å². The van der Waals surface area contributed by atoms with Gasteiger partial charge in [0.15, 0.2) is 4.77 Å². The summed E-state index contributed by atoms with van der Waals surface area (Å²) in [5.41, 5.74) is 2.18. The Morgan fingerprint density at radius 2 is 1.74 bits per heavy atom. The molecule has 6 nitrogen and oxygen atoms in total. The van der Waals surface area contributed by atoms with Crippen molar-refractivity contribution in [2.45, 2.75) is 0 Å². The lowest BCUT2D eigenvalue weighted by molar-refractivity contribution is 0.0747. The van der Waals surface area contributed by atoms with E-state index in [-0.39, 0.29) is 11.5 Å². The van der Waals surface area contributed by atoms with E-state index >= 15 is 0 Å². The van der Waals surface area contributed by atoms with Gasteiger partial charge in [0.1, 0.15) is 0 Å². The summed E-state index contributed by atoms with van der Waals surface area (Å²) in [5, 5.41) is 0.525. The summed E-state index contributed by atoms with van der Waals surface area (Å²) in [6.07, 6.45) is 0. The zero-order valence-electron chi connectivity index (χ0n) is 15.0. The fraction of sp³-hybridized carbons (Fsp3) is 0.250. The van der Waals surface area contributed by atoms with Gasteiger partial charge < -0.3 is 14.8 Å². The van der Waals surface area contributed by atoms with Crippen LogP contribution >= 0.6 is 12.2 Å². The third-order valence-corrected chi connectivity index (χ3v) is 5.41. The molecule has 0 radical (unpaired) electrons. The Balaban J connectivity index is 1.54. The maximum Gasteiger partial charge on any atom is 0.261 e. The average molecular weight is 380 g/mol. The Morgan fingerprint density at radius 1 is 1.04 bits per heavy atom. The molecule has 1 aliphatic heterocycles. The third kappa shape index (κ3) is 3.26. The quantitative estimate of drug-likeness (QED) is 0.694. The highest BCUT2D eigenvalue weighted by Gasteiger charge is 2.22. The van der Waals surface area contributed by atoms with E-state index in [1.54, 1.807) is 25.2 Å². The van der Waals surface area contributed by atoms with Crippen molar-refractivity contribution in [2.24, 2.45) is 7.05 Å². The first kappa shape index (κ1) is 17.5. The molecule has 1 aromatic heterocycles. The van der Waals surface area contributed by atoms with Crippen LogP contribution in [0.25, 0.3) is 10.9 Å². The molecule has 1 amide bonds. The van der Waals surface area contributed by atoms with Crippen molar-refractivity contribution in [3.63, 3.8) is 0 Å². The number of aromatic nitrogens is 2. The van der Waals surface area contributed by atoms with Gasteiger partial charge in [0, 0.05) is 44.5 Å². The summed E-state index contributed by atoms with van der Waals surface area (Å²) in [7, 11) is 1.63. The molecule has 0 bridgehead atoms. The molecule has 1 fully saturated rings. The summed E-state index contributed by atoms with van der Waals surface area (Å²) < 4.78 is 1.73. The van der Waals surface area contributed by atoms with Crippen LogP contribution in [0.4, 0.5) is 5.69 Å². The number of piperazine rings is 1. The largest absolute Gasteiger partial charge is 0.368 e. The number of carbonyl (C=O) groups excluding carboxylic acids is 1. The van der Waals surface area contributed by atoms with Gasteiger partial charge in [0.25, 0.3) is 11.5 Å². The second-order valence-corrected chi connectivity index (χ2v) is 7.06. The number of anilines is 1. The molecule has 1 saturated heterocycles. The van der Waals surface area contributed by atoms with Crippen molar-refractivity contribution >= 4 is 34.7 Å². The van der Waals surface area contributed by atoms with Gasteiger partial charge in [-0.3, -0.25) is 14.2 Å². The highest BCUT2D eigenvalue weighted by Crippen LogP contribution is 2.18. The standard InChI is InChI=1S/C20H20N4O2S/c1-22-19(26)16-8-7-14(13-17(16)21-20(22)27)18(25)24-11-9-23(10-12-24)15-5-3-2-4-6-15/h2-8,13H,9-12H2,1H3,(H,21,27). The van der Waals surface area contributed by atoms with Crippen molar-refractivity contribution in [1.29, 1.82) is 0 Å². The fourth-order valence-electron chi connectivity index (χ4n) is 3.43. The monoisotopic (exact) mass is 380 g/mol. The smallest absolute Gasteiger partial charge is 0.261 e. The molecular formula is C20H20N4O2S. The van der Waals surface area contributed by atoms with Crippen molar-refractivity contribution in [3.8, 4) is 0 Å². The van der Waals surface area contributed by atoms with Gasteiger partial charge in [-0.2, -0.15) is 0 Å². The molecule has 0 aliphatic carbocycles. The number of carbonyl (C=O) groups is 1. The number of nitrogens with zero attached hydrogens (tertiary/aromatic N) is 3. The predicted octanol–water partition coefficient (Wildman–Crippen LogP) is 2.56. The zero-order valence-corrected chi connectivity index (χ0v) is 15.8. The van der Waals surface area contributed by atoms with E-state index in [2.05, 4.69) is 22.0 Å². The molecule has 3 aromatic rings. The van der Waals surface area contributed by atoms with Crippen LogP contribution in [0, 0.1) is 4.77 Å². The first-order valence-corrected chi connectivity index (χ1v) is 9.28. The zero-order chi connectivity index (χ0) is 19.0. The summed E-state index contributed by atoms with van der Waals surface area (Å²) in [6, 6.07) is 15.3. The van der Waals surface area contributed by atoms with E-state index in [0.29, 0.717) is 34.3 Å². The average Bonchev–Trinajstić information content (AvgIpc) is 2.72. The number of aromatic amines is 1. The van der Waals surface area contributed by atoms with Crippen molar-refractivity contribution in [1.82, 2.24) is 14.5 Å². The van der Waals surface area contributed by atoms with Crippen LogP contribution in [0.1, 0.15) is 10.4 Å². The molecule has 1 N–H and O–H groups in total. The maximum atomic E-state index is 12.9. The topological polar surface area (TPSA) is 61.3 Å².